The van der Waals surface area contributed by atoms with Gasteiger partial charge in [-0.3, -0.25) is 4.79 Å². The molecule has 0 atom stereocenters. The molecule has 0 spiro atoms. The van der Waals surface area contributed by atoms with Crippen LogP contribution in [0.15, 0.2) is 28.2 Å². The number of ether oxygens (including phenoxy) is 2. The van der Waals surface area contributed by atoms with Crippen LogP contribution >= 0.6 is 11.8 Å². The smallest absolute Gasteiger partial charge is 0.341 e. The third-order valence-corrected chi connectivity index (χ3v) is 4.15. The fraction of sp³-hybridized carbons (Fsp3) is 0.389. The first-order valence-electron chi connectivity index (χ1n) is 8.05. The van der Waals surface area contributed by atoms with Crippen LogP contribution in [-0.4, -0.2) is 41.0 Å². The van der Waals surface area contributed by atoms with Gasteiger partial charge in [-0.25, -0.2) is 4.79 Å². The third-order valence-electron chi connectivity index (χ3n) is 3.57. The number of benzene rings is 1. The van der Waals surface area contributed by atoms with Gasteiger partial charge in [-0.2, -0.15) is 4.98 Å². The number of hydrogen-bond acceptors (Lipinski definition) is 7. The van der Waals surface area contributed by atoms with E-state index in [1.165, 1.54) is 18.9 Å². The van der Waals surface area contributed by atoms with Crippen molar-refractivity contribution in [2.75, 3.05) is 20.0 Å². The zero-order valence-corrected chi connectivity index (χ0v) is 16.0. The van der Waals surface area contributed by atoms with Crippen molar-refractivity contribution in [2.24, 2.45) is 5.92 Å². The Hall–Kier alpha value is -2.48. The van der Waals surface area contributed by atoms with E-state index in [0.717, 1.165) is 0 Å². The van der Waals surface area contributed by atoms with E-state index < -0.39 is 11.5 Å². The van der Waals surface area contributed by atoms with E-state index in [1.807, 2.05) is 13.8 Å². The molecule has 2 N–H and O–H groups in total. The van der Waals surface area contributed by atoms with E-state index in [1.54, 1.807) is 24.5 Å². The van der Waals surface area contributed by atoms with Crippen molar-refractivity contribution in [3.63, 3.8) is 0 Å². The highest BCUT2D eigenvalue weighted by atomic mass is 32.2. The van der Waals surface area contributed by atoms with E-state index in [0.29, 0.717) is 29.0 Å². The van der Waals surface area contributed by atoms with Crippen molar-refractivity contribution in [2.45, 2.75) is 25.4 Å². The number of aromatic amines is 1. The highest BCUT2D eigenvalue weighted by molar-refractivity contribution is 7.98. The van der Waals surface area contributed by atoms with Crippen LogP contribution < -0.4 is 10.3 Å². The van der Waals surface area contributed by atoms with Crippen LogP contribution in [0.1, 0.15) is 35.3 Å². The summed E-state index contributed by atoms with van der Waals surface area (Å²) in [7, 11) is 1.29. The van der Waals surface area contributed by atoms with E-state index in [9.17, 15) is 14.7 Å². The predicted octanol–water partition coefficient (Wildman–Crippen LogP) is 2.61. The summed E-state index contributed by atoms with van der Waals surface area (Å²) in [6, 6.07) is 5.01. The van der Waals surface area contributed by atoms with Gasteiger partial charge in [0.15, 0.2) is 5.16 Å². The molecule has 0 saturated heterocycles. The lowest BCUT2D eigenvalue weighted by molar-refractivity contribution is 0.0595. The van der Waals surface area contributed by atoms with Crippen LogP contribution in [0.4, 0.5) is 0 Å². The minimum atomic E-state index is -0.528. The number of nitrogens with zero attached hydrogens (tertiary/aromatic N) is 1. The molecule has 7 nitrogen and oxygen atoms in total. The Morgan fingerprint density at radius 2 is 2.12 bits per heavy atom. The van der Waals surface area contributed by atoms with E-state index in [4.69, 9.17) is 9.47 Å². The van der Waals surface area contributed by atoms with Crippen molar-refractivity contribution < 1.29 is 19.4 Å². The lowest BCUT2D eigenvalue weighted by Crippen LogP contribution is -2.16. The molecule has 0 unspecified atom stereocenters. The predicted molar refractivity (Wildman–Crippen MR) is 99.2 cm³/mol. The summed E-state index contributed by atoms with van der Waals surface area (Å²) in [5, 5.41) is 10.4. The van der Waals surface area contributed by atoms with Crippen molar-refractivity contribution in [1.82, 2.24) is 9.97 Å². The minimum Gasteiger partial charge on any atom is -0.493 e. The van der Waals surface area contributed by atoms with Crippen molar-refractivity contribution in [3.8, 4) is 11.6 Å². The Bertz CT molecular complexity index is 848. The first-order valence-corrected chi connectivity index (χ1v) is 9.28. The molecule has 0 aliphatic carbocycles. The van der Waals surface area contributed by atoms with E-state index >= 15 is 0 Å². The van der Waals surface area contributed by atoms with Crippen LogP contribution in [0.25, 0.3) is 0 Å². The van der Waals surface area contributed by atoms with Gasteiger partial charge in [0.2, 0.25) is 5.88 Å². The molecule has 8 heteroatoms. The van der Waals surface area contributed by atoms with Gasteiger partial charge in [0.05, 0.1) is 19.3 Å². The quantitative estimate of drug-likeness (QED) is 0.434. The second kappa shape index (κ2) is 8.75. The molecule has 2 aromatic rings. The average molecular weight is 378 g/mol. The molecule has 1 heterocycles. The molecule has 0 fully saturated rings. The summed E-state index contributed by atoms with van der Waals surface area (Å²) in [5.41, 5.74) is 0.646. The van der Waals surface area contributed by atoms with Crippen LogP contribution in [0.2, 0.25) is 0 Å². The molecule has 0 saturated carbocycles. The summed E-state index contributed by atoms with van der Waals surface area (Å²) in [6.07, 6.45) is 1.87. The van der Waals surface area contributed by atoms with Crippen LogP contribution in [0.3, 0.4) is 0 Å². The Morgan fingerprint density at radius 1 is 1.38 bits per heavy atom. The zero-order valence-electron chi connectivity index (χ0n) is 15.2. The maximum Gasteiger partial charge on any atom is 0.341 e. The highest BCUT2D eigenvalue weighted by Gasteiger charge is 2.17. The average Bonchev–Trinajstić information content (AvgIpc) is 2.62. The zero-order chi connectivity index (χ0) is 19.3. The standard InChI is InChI=1S/C18H22N2O5S/c1-10(2)9-25-14-6-5-11(7-12(14)17(23)24-3)8-13-15(21)19-18(26-4)20-16(13)22/h5-7,10H,8-9H2,1-4H3,(H2,19,20,21,22). The molecule has 2 rings (SSSR count). The molecule has 1 aromatic heterocycles. The summed E-state index contributed by atoms with van der Waals surface area (Å²) in [6.45, 7) is 4.48. The molecule has 1 aromatic carbocycles. The number of carbonyl (C=O) groups is 1. The second-order valence-corrected chi connectivity index (χ2v) is 6.88. The lowest BCUT2D eigenvalue weighted by Gasteiger charge is -2.13. The van der Waals surface area contributed by atoms with Crippen molar-refractivity contribution in [1.29, 1.82) is 0 Å². The normalized spacial score (nSPS) is 10.8. The number of hydrogen-bond donors (Lipinski definition) is 2. The first-order chi connectivity index (χ1) is 12.3. The molecule has 0 radical (unpaired) electrons. The number of rotatable bonds is 7. The molecule has 0 amide bonds. The topological polar surface area (TPSA) is 102 Å². The Kier molecular flexibility index (Phi) is 6.68. The number of thioether (sulfide) groups is 1. The van der Waals surface area contributed by atoms with Crippen molar-refractivity contribution >= 4 is 17.7 Å². The third kappa shape index (κ3) is 4.78. The first kappa shape index (κ1) is 19.8. The van der Waals surface area contributed by atoms with Gasteiger partial charge in [-0.15, -0.1) is 0 Å². The molecule has 0 bridgehead atoms. The van der Waals surface area contributed by atoms with Gasteiger partial charge in [-0.1, -0.05) is 31.7 Å². The van der Waals surface area contributed by atoms with Crippen LogP contribution in [-0.2, 0) is 11.2 Å². The minimum absolute atomic E-state index is 0.122. The fourth-order valence-corrected chi connectivity index (χ4v) is 2.64. The van der Waals surface area contributed by atoms with Crippen LogP contribution in [0.5, 0.6) is 11.6 Å². The van der Waals surface area contributed by atoms with E-state index in [-0.39, 0.29) is 23.4 Å². The fourth-order valence-electron chi connectivity index (χ4n) is 2.26. The van der Waals surface area contributed by atoms with Gasteiger partial charge in [0.25, 0.3) is 5.56 Å². The lowest BCUT2D eigenvalue weighted by atomic mass is 10.0. The molecule has 140 valence electrons. The molecule has 26 heavy (non-hydrogen) atoms. The molecular weight excluding hydrogens is 356 g/mol. The Balaban J connectivity index is 2.36. The van der Waals surface area contributed by atoms with Gasteiger partial charge in [-0.05, 0) is 29.9 Å². The van der Waals surface area contributed by atoms with Gasteiger partial charge in [0, 0.05) is 6.42 Å². The van der Waals surface area contributed by atoms with Gasteiger partial charge < -0.3 is 19.6 Å². The number of carbonyl (C=O) groups excluding carboxylic acids is 1. The SMILES string of the molecule is COC(=O)c1cc(Cc2c(O)nc(SC)[nH]c2=O)ccc1OCC(C)C. The maximum atomic E-state index is 12.2. The number of esters is 1. The number of methoxy groups -OCH3 is 1. The van der Waals surface area contributed by atoms with Gasteiger partial charge >= 0.3 is 5.97 Å². The second-order valence-electron chi connectivity index (χ2n) is 6.08. The number of aromatic nitrogens is 2. The summed E-state index contributed by atoms with van der Waals surface area (Å²) >= 11 is 1.23. The van der Waals surface area contributed by atoms with Crippen LogP contribution in [0, 0.1) is 5.92 Å². The largest absolute Gasteiger partial charge is 0.493 e. The highest BCUT2D eigenvalue weighted by Crippen LogP contribution is 2.24. The molecule has 0 aliphatic heterocycles. The summed E-state index contributed by atoms with van der Waals surface area (Å²) < 4.78 is 10.5. The molecular formula is C18H22N2O5S. The Labute approximate surface area is 155 Å². The Morgan fingerprint density at radius 3 is 2.69 bits per heavy atom. The number of aromatic hydroxyl groups is 1. The maximum absolute atomic E-state index is 12.2. The molecule has 0 aliphatic rings. The van der Waals surface area contributed by atoms with Gasteiger partial charge in [0.1, 0.15) is 11.3 Å². The monoisotopic (exact) mass is 378 g/mol. The van der Waals surface area contributed by atoms with E-state index in [2.05, 4.69) is 9.97 Å². The van der Waals surface area contributed by atoms with Crippen molar-refractivity contribution in [3.05, 3.63) is 45.2 Å². The summed E-state index contributed by atoms with van der Waals surface area (Å²) in [4.78, 5) is 30.8. The number of H-pyrrole nitrogens is 1. The number of nitrogens with one attached hydrogen (secondary N) is 1. The summed E-state index contributed by atoms with van der Waals surface area (Å²) in [5.74, 6) is -0.127.